The fraction of sp³-hybridized carbons (Fsp3) is 0.476. The Balaban J connectivity index is 1.64. The number of hydrogen-bond donors (Lipinski definition) is 0. The largest absolute Gasteiger partial charge is 0.378 e. The molecule has 7 nitrogen and oxygen atoms in total. The Morgan fingerprint density at radius 1 is 1.14 bits per heavy atom. The lowest BCUT2D eigenvalue weighted by atomic mass is 10.1. The van der Waals surface area contributed by atoms with Crippen LogP contribution in [0.2, 0.25) is 0 Å². The van der Waals surface area contributed by atoms with Crippen LogP contribution in [0.25, 0.3) is 0 Å². The molecule has 1 aromatic heterocycles. The molecular formula is C21H28N4O3. The van der Waals surface area contributed by atoms with Gasteiger partial charge in [0, 0.05) is 45.0 Å². The topological polar surface area (TPSA) is 67.7 Å². The first-order valence-corrected chi connectivity index (χ1v) is 9.83. The molecule has 0 radical (unpaired) electrons. The van der Waals surface area contributed by atoms with Gasteiger partial charge < -0.3 is 14.5 Å². The fourth-order valence-corrected chi connectivity index (χ4v) is 3.21. The van der Waals surface area contributed by atoms with Crippen molar-refractivity contribution in [2.75, 3.05) is 38.3 Å². The zero-order valence-corrected chi connectivity index (χ0v) is 16.6. The van der Waals surface area contributed by atoms with Gasteiger partial charge in [0.25, 0.3) is 11.5 Å². The van der Waals surface area contributed by atoms with E-state index in [4.69, 9.17) is 4.74 Å². The molecule has 0 aliphatic carbocycles. The number of aromatic nitrogens is 2. The molecule has 1 amide bonds. The summed E-state index contributed by atoms with van der Waals surface area (Å²) in [5, 5.41) is 4.24. The van der Waals surface area contributed by atoms with E-state index in [9.17, 15) is 9.59 Å². The number of rotatable bonds is 7. The number of aryl methyl sites for hydroxylation is 1. The quantitative estimate of drug-likeness (QED) is 0.732. The average Bonchev–Trinajstić information content (AvgIpc) is 2.74. The highest BCUT2D eigenvalue weighted by molar-refractivity contribution is 5.91. The van der Waals surface area contributed by atoms with Crippen LogP contribution in [0.1, 0.15) is 35.8 Å². The van der Waals surface area contributed by atoms with Gasteiger partial charge in [-0.05, 0) is 30.2 Å². The number of nitrogens with zero attached hydrogens (tertiary/aromatic N) is 4. The van der Waals surface area contributed by atoms with E-state index in [0.29, 0.717) is 18.8 Å². The summed E-state index contributed by atoms with van der Waals surface area (Å²) in [4.78, 5) is 28.5. The predicted octanol–water partition coefficient (Wildman–Crippen LogP) is 2.15. The lowest BCUT2D eigenvalue weighted by molar-refractivity contribution is 0.0776. The Morgan fingerprint density at radius 2 is 1.86 bits per heavy atom. The van der Waals surface area contributed by atoms with Crippen LogP contribution in [0.3, 0.4) is 0 Å². The molecule has 0 unspecified atom stereocenters. The third kappa shape index (κ3) is 4.98. The van der Waals surface area contributed by atoms with Crippen molar-refractivity contribution < 1.29 is 9.53 Å². The Kier molecular flexibility index (Phi) is 6.81. The summed E-state index contributed by atoms with van der Waals surface area (Å²) in [5.41, 5.74) is 2.34. The highest BCUT2D eigenvalue weighted by Gasteiger charge is 2.16. The van der Waals surface area contributed by atoms with Gasteiger partial charge in [-0.2, -0.15) is 5.10 Å². The van der Waals surface area contributed by atoms with Gasteiger partial charge in [0.05, 0.1) is 13.2 Å². The number of ether oxygens (including phenoxy) is 1. The van der Waals surface area contributed by atoms with E-state index >= 15 is 0 Å². The van der Waals surface area contributed by atoms with E-state index in [1.165, 1.54) is 22.5 Å². The molecule has 0 atom stereocenters. The van der Waals surface area contributed by atoms with E-state index in [-0.39, 0.29) is 11.5 Å². The van der Waals surface area contributed by atoms with Crippen molar-refractivity contribution in [3.8, 4) is 0 Å². The molecule has 0 spiro atoms. The average molecular weight is 384 g/mol. The standard InChI is InChI=1S/C21H28N4O3/c1-3-4-11-25-20(26)10-9-19(22-25)21(27)23(2)16-17-5-7-18(8-6-17)24-12-14-28-15-13-24/h5-10H,3-4,11-16H2,1-2H3. The van der Waals surface area contributed by atoms with Crippen molar-refractivity contribution >= 4 is 11.6 Å². The smallest absolute Gasteiger partial charge is 0.274 e. The van der Waals surface area contributed by atoms with Crippen LogP contribution < -0.4 is 10.5 Å². The van der Waals surface area contributed by atoms with Gasteiger partial charge in [-0.25, -0.2) is 4.68 Å². The predicted molar refractivity (Wildman–Crippen MR) is 109 cm³/mol. The van der Waals surface area contributed by atoms with Crippen LogP contribution in [-0.2, 0) is 17.8 Å². The first-order chi connectivity index (χ1) is 13.6. The number of unbranched alkanes of at least 4 members (excludes halogenated alkanes) is 1. The maximum Gasteiger partial charge on any atom is 0.274 e. The summed E-state index contributed by atoms with van der Waals surface area (Å²) < 4.78 is 6.77. The van der Waals surface area contributed by atoms with Gasteiger partial charge in [0.15, 0.2) is 0 Å². The molecule has 1 aliphatic rings. The molecule has 0 N–H and O–H groups in total. The molecule has 0 saturated carbocycles. The monoisotopic (exact) mass is 384 g/mol. The molecule has 0 bridgehead atoms. The SMILES string of the molecule is CCCCn1nc(C(=O)N(C)Cc2ccc(N3CCOCC3)cc2)ccc1=O. The van der Waals surface area contributed by atoms with Crippen molar-refractivity contribution in [3.05, 3.63) is 58.0 Å². The van der Waals surface area contributed by atoms with E-state index < -0.39 is 0 Å². The summed E-state index contributed by atoms with van der Waals surface area (Å²) in [5.74, 6) is -0.192. The third-order valence-electron chi connectivity index (χ3n) is 4.89. The van der Waals surface area contributed by atoms with Gasteiger partial charge in [-0.3, -0.25) is 9.59 Å². The van der Waals surface area contributed by atoms with Crippen LogP contribution in [0, 0.1) is 0 Å². The number of morpholine rings is 1. The molecule has 1 fully saturated rings. The molecule has 1 aromatic carbocycles. The summed E-state index contributed by atoms with van der Waals surface area (Å²) in [6, 6.07) is 11.2. The van der Waals surface area contributed by atoms with E-state index in [1.54, 1.807) is 11.9 Å². The molecule has 3 rings (SSSR count). The number of anilines is 1. The normalized spacial score (nSPS) is 14.1. The summed E-state index contributed by atoms with van der Waals surface area (Å²) in [6.07, 6.45) is 1.82. The lowest BCUT2D eigenvalue weighted by Gasteiger charge is -2.29. The van der Waals surface area contributed by atoms with Crippen molar-refractivity contribution in [2.24, 2.45) is 0 Å². The molecule has 150 valence electrons. The highest BCUT2D eigenvalue weighted by Crippen LogP contribution is 2.17. The number of carbonyl (C=O) groups is 1. The van der Waals surface area contributed by atoms with Crippen molar-refractivity contribution in [1.82, 2.24) is 14.7 Å². The molecule has 1 aliphatic heterocycles. The summed E-state index contributed by atoms with van der Waals surface area (Å²) in [7, 11) is 1.75. The second-order valence-electron chi connectivity index (χ2n) is 7.06. The minimum absolute atomic E-state index is 0.175. The van der Waals surface area contributed by atoms with Gasteiger partial charge in [0.1, 0.15) is 5.69 Å². The third-order valence-corrected chi connectivity index (χ3v) is 4.89. The maximum absolute atomic E-state index is 12.7. The Morgan fingerprint density at radius 3 is 2.54 bits per heavy atom. The van der Waals surface area contributed by atoms with E-state index in [0.717, 1.165) is 44.7 Å². The Hall–Kier alpha value is -2.67. The molecule has 28 heavy (non-hydrogen) atoms. The van der Waals surface area contributed by atoms with Crippen molar-refractivity contribution in [2.45, 2.75) is 32.9 Å². The maximum atomic E-state index is 12.7. The van der Waals surface area contributed by atoms with Crippen LogP contribution in [-0.4, -0.2) is 53.9 Å². The number of hydrogen-bond acceptors (Lipinski definition) is 5. The minimum Gasteiger partial charge on any atom is -0.378 e. The van der Waals surface area contributed by atoms with Gasteiger partial charge in [-0.1, -0.05) is 25.5 Å². The van der Waals surface area contributed by atoms with Crippen LogP contribution in [0.4, 0.5) is 5.69 Å². The molecule has 1 saturated heterocycles. The fourth-order valence-electron chi connectivity index (χ4n) is 3.21. The number of amides is 1. The number of benzene rings is 1. The van der Waals surface area contributed by atoms with Gasteiger partial charge in [0.2, 0.25) is 0 Å². The Bertz CT molecular complexity index is 841. The second kappa shape index (κ2) is 9.50. The molecule has 2 heterocycles. The van der Waals surface area contributed by atoms with Gasteiger partial charge >= 0.3 is 0 Å². The van der Waals surface area contributed by atoms with Crippen LogP contribution >= 0.6 is 0 Å². The molecule has 2 aromatic rings. The first kappa shape index (κ1) is 20.1. The molecular weight excluding hydrogens is 356 g/mol. The van der Waals surface area contributed by atoms with Gasteiger partial charge in [-0.15, -0.1) is 0 Å². The van der Waals surface area contributed by atoms with Crippen LogP contribution in [0.15, 0.2) is 41.2 Å². The van der Waals surface area contributed by atoms with Crippen LogP contribution in [0.5, 0.6) is 0 Å². The minimum atomic E-state index is -0.192. The van der Waals surface area contributed by atoms with E-state index in [2.05, 4.69) is 29.1 Å². The first-order valence-electron chi connectivity index (χ1n) is 9.83. The summed E-state index contributed by atoms with van der Waals surface area (Å²) >= 11 is 0. The van der Waals surface area contributed by atoms with Crippen molar-refractivity contribution in [3.63, 3.8) is 0 Å². The molecule has 7 heteroatoms. The van der Waals surface area contributed by atoms with Crippen molar-refractivity contribution in [1.29, 1.82) is 0 Å². The highest BCUT2D eigenvalue weighted by atomic mass is 16.5. The number of carbonyl (C=O) groups excluding carboxylic acids is 1. The summed E-state index contributed by atoms with van der Waals surface area (Å²) in [6.45, 7) is 6.38. The Labute approximate surface area is 165 Å². The zero-order chi connectivity index (χ0) is 19.9. The zero-order valence-electron chi connectivity index (χ0n) is 16.6. The lowest BCUT2D eigenvalue weighted by Crippen LogP contribution is -2.36. The second-order valence-corrected chi connectivity index (χ2v) is 7.06. The van der Waals surface area contributed by atoms with E-state index in [1.807, 2.05) is 12.1 Å².